The Kier molecular flexibility index (Phi) is 5.83. The molecular weight excluding hydrogens is 414 g/mol. The first kappa shape index (κ1) is 20.5. The quantitative estimate of drug-likeness (QED) is 0.461. The van der Waals surface area contributed by atoms with Gasteiger partial charge in [0.2, 0.25) is 5.91 Å². The van der Waals surface area contributed by atoms with Gasteiger partial charge in [-0.2, -0.15) is 0 Å². The van der Waals surface area contributed by atoms with Crippen LogP contribution < -0.4 is 10.9 Å². The van der Waals surface area contributed by atoms with E-state index >= 15 is 0 Å². The molecule has 0 aliphatic heterocycles. The van der Waals surface area contributed by atoms with Crippen molar-refractivity contribution in [3.8, 4) is 11.1 Å². The van der Waals surface area contributed by atoms with Crippen LogP contribution in [0.15, 0.2) is 58.3 Å². The van der Waals surface area contributed by atoms with Crippen molar-refractivity contribution in [1.82, 2.24) is 14.9 Å². The minimum absolute atomic E-state index is 0.0560. The minimum Gasteiger partial charge on any atom is -0.347 e. The molecule has 0 saturated carbocycles. The molecule has 154 valence electrons. The van der Waals surface area contributed by atoms with Crippen molar-refractivity contribution >= 4 is 38.8 Å². The van der Waals surface area contributed by atoms with Gasteiger partial charge in [-0.25, -0.2) is 4.98 Å². The number of benzene rings is 1. The van der Waals surface area contributed by atoms with E-state index in [9.17, 15) is 9.59 Å². The topological polar surface area (TPSA) is 64.0 Å². The lowest BCUT2D eigenvalue weighted by Crippen LogP contribution is -2.36. The van der Waals surface area contributed by atoms with Crippen molar-refractivity contribution in [2.24, 2.45) is 5.92 Å². The number of amides is 1. The molecule has 5 nitrogen and oxygen atoms in total. The van der Waals surface area contributed by atoms with E-state index in [4.69, 9.17) is 0 Å². The van der Waals surface area contributed by atoms with Crippen molar-refractivity contribution in [3.63, 3.8) is 0 Å². The second-order valence-electron chi connectivity index (χ2n) is 7.68. The summed E-state index contributed by atoms with van der Waals surface area (Å²) in [5.74, 6) is 0.0485. The maximum atomic E-state index is 13.2. The third-order valence-electron chi connectivity index (χ3n) is 5.07. The van der Waals surface area contributed by atoms with Gasteiger partial charge in [0.25, 0.3) is 5.56 Å². The van der Waals surface area contributed by atoms with Gasteiger partial charge in [0, 0.05) is 15.8 Å². The molecule has 3 heterocycles. The largest absolute Gasteiger partial charge is 0.347 e. The highest BCUT2D eigenvalue weighted by Gasteiger charge is 2.20. The Hall–Kier alpha value is -2.77. The number of hydrogen-bond acceptors (Lipinski definition) is 5. The highest BCUT2D eigenvalue weighted by atomic mass is 32.1. The number of hydrogen-bond donors (Lipinski definition) is 1. The second kappa shape index (κ2) is 8.53. The molecular formula is C23H23N3O2S2. The Morgan fingerprint density at radius 1 is 1.17 bits per heavy atom. The van der Waals surface area contributed by atoms with Crippen LogP contribution in [0, 0.1) is 12.8 Å². The Morgan fingerprint density at radius 3 is 2.60 bits per heavy atom. The van der Waals surface area contributed by atoms with Crippen molar-refractivity contribution < 1.29 is 4.79 Å². The summed E-state index contributed by atoms with van der Waals surface area (Å²) in [7, 11) is 0. The van der Waals surface area contributed by atoms with Crippen LogP contribution in [0.1, 0.15) is 30.3 Å². The molecule has 30 heavy (non-hydrogen) atoms. The zero-order valence-electron chi connectivity index (χ0n) is 17.1. The number of carbonyl (C=O) groups is 1. The summed E-state index contributed by atoms with van der Waals surface area (Å²) < 4.78 is 1.40. The van der Waals surface area contributed by atoms with Gasteiger partial charge in [-0.1, -0.05) is 49.7 Å². The monoisotopic (exact) mass is 437 g/mol. The van der Waals surface area contributed by atoms with E-state index in [1.165, 1.54) is 22.2 Å². The van der Waals surface area contributed by atoms with Crippen molar-refractivity contribution in [2.45, 2.75) is 33.4 Å². The van der Waals surface area contributed by atoms with Gasteiger partial charge >= 0.3 is 0 Å². The zero-order valence-corrected chi connectivity index (χ0v) is 18.7. The Bertz CT molecular complexity index is 1220. The van der Waals surface area contributed by atoms with Crippen LogP contribution in [0.25, 0.3) is 21.3 Å². The standard InChI is InChI=1S/C23H23N3O2S2/c1-14(2)21(18-5-4-10-29-18)25-19(27)11-26-13-24-22-20(23(26)28)17(12-30-22)16-8-6-15(3)7-9-16/h4-10,12-14,21H,11H2,1-3H3,(H,25,27)/t21-/m0/s1. The van der Waals surface area contributed by atoms with Gasteiger partial charge in [0.05, 0.1) is 17.8 Å². The fourth-order valence-electron chi connectivity index (χ4n) is 3.43. The molecule has 1 aromatic carbocycles. The molecule has 0 fully saturated rings. The maximum Gasteiger partial charge on any atom is 0.263 e. The summed E-state index contributed by atoms with van der Waals surface area (Å²) in [6.45, 7) is 6.12. The third-order valence-corrected chi connectivity index (χ3v) is 6.91. The van der Waals surface area contributed by atoms with Crippen LogP contribution in [-0.4, -0.2) is 15.5 Å². The number of aromatic nitrogens is 2. The van der Waals surface area contributed by atoms with E-state index in [2.05, 4.69) is 24.1 Å². The molecule has 1 atom stereocenters. The van der Waals surface area contributed by atoms with Crippen LogP contribution >= 0.6 is 22.7 Å². The molecule has 4 rings (SSSR count). The number of carbonyl (C=O) groups excluding carboxylic acids is 1. The van der Waals surface area contributed by atoms with Gasteiger partial charge in [-0.3, -0.25) is 14.2 Å². The SMILES string of the molecule is Cc1ccc(-c2csc3ncn(CC(=O)N[C@H](c4cccs4)C(C)C)c(=O)c23)cc1. The molecule has 0 bridgehead atoms. The Balaban J connectivity index is 1.62. The predicted molar refractivity (Wildman–Crippen MR) is 124 cm³/mol. The Labute approximate surface area is 183 Å². The molecule has 0 aliphatic carbocycles. The number of nitrogens with one attached hydrogen (secondary N) is 1. The number of nitrogens with zero attached hydrogens (tertiary/aromatic N) is 2. The molecule has 0 radical (unpaired) electrons. The fourth-order valence-corrected chi connectivity index (χ4v) is 5.29. The number of fused-ring (bicyclic) bond motifs is 1. The summed E-state index contributed by atoms with van der Waals surface area (Å²) in [4.78, 5) is 32.2. The fraction of sp³-hybridized carbons (Fsp3) is 0.261. The first-order valence-electron chi connectivity index (χ1n) is 9.80. The van der Waals surface area contributed by atoms with Gasteiger partial charge in [0.15, 0.2) is 0 Å². The molecule has 7 heteroatoms. The zero-order chi connectivity index (χ0) is 21.3. The first-order valence-corrected chi connectivity index (χ1v) is 11.6. The summed E-state index contributed by atoms with van der Waals surface area (Å²) in [6, 6.07) is 12.0. The average molecular weight is 438 g/mol. The predicted octanol–water partition coefficient (Wildman–Crippen LogP) is 5.01. The van der Waals surface area contributed by atoms with Crippen LogP contribution in [0.3, 0.4) is 0 Å². The summed E-state index contributed by atoms with van der Waals surface area (Å²) >= 11 is 3.06. The van der Waals surface area contributed by atoms with Gasteiger partial charge < -0.3 is 5.32 Å². The lowest BCUT2D eigenvalue weighted by Gasteiger charge is -2.21. The van der Waals surface area contributed by atoms with Crippen molar-refractivity contribution in [1.29, 1.82) is 0 Å². The van der Waals surface area contributed by atoms with Crippen LogP contribution in [0.4, 0.5) is 0 Å². The van der Waals surface area contributed by atoms with E-state index in [1.807, 2.05) is 54.1 Å². The molecule has 1 amide bonds. The lowest BCUT2D eigenvalue weighted by atomic mass is 10.0. The summed E-state index contributed by atoms with van der Waals surface area (Å²) in [5.41, 5.74) is 2.81. The van der Waals surface area contributed by atoms with Gasteiger partial charge in [-0.15, -0.1) is 22.7 Å². The van der Waals surface area contributed by atoms with E-state index in [1.54, 1.807) is 11.3 Å². The highest BCUT2D eigenvalue weighted by Crippen LogP contribution is 2.30. The van der Waals surface area contributed by atoms with Crippen molar-refractivity contribution in [3.05, 3.63) is 74.3 Å². The normalized spacial score (nSPS) is 12.4. The molecule has 4 aromatic rings. The second-order valence-corrected chi connectivity index (χ2v) is 9.52. The Morgan fingerprint density at radius 2 is 1.93 bits per heavy atom. The van der Waals surface area contributed by atoms with Gasteiger partial charge in [0.1, 0.15) is 11.4 Å². The lowest BCUT2D eigenvalue weighted by molar-refractivity contribution is -0.122. The molecule has 0 saturated heterocycles. The molecule has 3 aromatic heterocycles. The number of aryl methyl sites for hydroxylation is 1. The van der Waals surface area contributed by atoms with Crippen LogP contribution in [-0.2, 0) is 11.3 Å². The third kappa shape index (κ3) is 4.08. The summed E-state index contributed by atoms with van der Waals surface area (Å²) in [6.07, 6.45) is 1.47. The van der Waals surface area contributed by atoms with E-state index in [0.29, 0.717) is 10.2 Å². The number of thiophene rings is 2. The van der Waals surface area contributed by atoms with Crippen molar-refractivity contribution in [2.75, 3.05) is 0 Å². The number of rotatable bonds is 6. The van der Waals surface area contributed by atoms with Gasteiger partial charge in [-0.05, 0) is 29.9 Å². The van der Waals surface area contributed by atoms with E-state index < -0.39 is 0 Å². The maximum absolute atomic E-state index is 13.2. The molecule has 0 unspecified atom stereocenters. The smallest absolute Gasteiger partial charge is 0.263 e. The molecule has 0 aliphatic rings. The summed E-state index contributed by atoms with van der Waals surface area (Å²) in [5, 5.41) is 7.60. The van der Waals surface area contributed by atoms with E-state index in [0.717, 1.165) is 21.6 Å². The minimum atomic E-state index is -0.197. The van der Waals surface area contributed by atoms with Crippen LogP contribution in [0.5, 0.6) is 0 Å². The average Bonchev–Trinajstić information content (AvgIpc) is 3.39. The molecule has 1 N–H and O–H groups in total. The molecule has 0 spiro atoms. The highest BCUT2D eigenvalue weighted by molar-refractivity contribution is 7.17. The first-order chi connectivity index (χ1) is 14.4. The van der Waals surface area contributed by atoms with E-state index in [-0.39, 0.29) is 30.0 Å². The van der Waals surface area contributed by atoms with Crippen LogP contribution in [0.2, 0.25) is 0 Å².